The number of hydrogen-bond donors (Lipinski definition) is 0. The maximum absolute atomic E-state index is 11.7. The van der Waals surface area contributed by atoms with E-state index in [4.69, 9.17) is 9.47 Å². The number of benzene rings is 1. The highest BCUT2D eigenvalue weighted by Gasteiger charge is 2.09. The number of aromatic nitrogens is 1. The first kappa shape index (κ1) is 12.1. The quantitative estimate of drug-likeness (QED) is 0.774. The van der Waals surface area contributed by atoms with Gasteiger partial charge in [0, 0.05) is 6.07 Å². The first-order valence-electron chi connectivity index (χ1n) is 5.51. The van der Waals surface area contributed by atoms with Crippen LogP contribution in [0.1, 0.15) is 16.1 Å². The average molecular weight is 243 g/mol. The van der Waals surface area contributed by atoms with Crippen LogP contribution in [0.2, 0.25) is 0 Å². The first-order chi connectivity index (χ1) is 8.79. The molecule has 0 N–H and O–H groups in total. The molecule has 0 unspecified atom stereocenters. The van der Waals surface area contributed by atoms with E-state index < -0.39 is 5.97 Å². The first-order valence-corrected chi connectivity index (χ1v) is 5.51. The maximum atomic E-state index is 11.7. The summed E-state index contributed by atoms with van der Waals surface area (Å²) in [6.07, 6.45) is 0. The third-order valence-corrected chi connectivity index (χ3v) is 2.35. The monoisotopic (exact) mass is 243 g/mol. The highest BCUT2D eigenvalue weighted by atomic mass is 16.5. The number of carbonyl (C=O) groups is 1. The molecule has 0 saturated heterocycles. The molecule has 0 aliphatic heterocycles. The molecule has 0 aliphatic rings. The fourth-order valence-electron chi connectivity index (χ4n) is 1.44. The molecule has 0 radical (unpaired) electrons. The van der Waals surface area contributed by atoms with E-state index in [2.05, 4.69) is 4.98 Å². The van der Waals surface area contributed by atoms with Gasteiger partial charge in [-0.3, -0.25) is 0 Å². The van der Waals surface area contributed by atoms with Crippen LogP contribution in [0.25, 0.3) is 0 Å². The molecular weight excluding hydrogens is 230 g/mol. The lowest BCUT2D eigenvalue weighted by Crippen LogP contribution is -2.07. The second-order valence-corrected chi connectivity index (χ2v) is 3.63. The van der Waals surface area contributed by atoms with Crippen molar-refractivity contribution >= 4 is 5.97 Å². The number of nitrogens with zero attached hydrogens (tertiary/aromatic N) is 1. The number of ether oxygens (including phenoxy) is 2. The van der Waals surface area contributed by atoms with E-state index in [0.717, 1.165) is 5.56 Å². The van der Waals surface area contributed by atoms with E-state index in [-0.39, 0.29) is 12.3 Å². The van der Waals surface area contributed by atoms with E-state index in [9.17, 15) is 4.79 Å². The van der Waals surface area contributed by atoms with E-state index in [1.54, 1.807) is 18.2 Å². The molecule has 4 nitrogen and oxygen atoms in total. The van der Waals surface area contributed by atoms with Gasteiger partial charge < -0.3 is 9.47 Å². The minimum absolute atomic E-state index is 0.235. The van der Waals surface area contributed by atoms with Crippen molar-refractivity contribution in [1.29, 1.82) is 0 Å². The van der Waals surface area contributed by atoms with Crippen LogP contribution in [-0.2, 0) is 11.3 Å². The predicted octanol–water partition coefficient (Wildman–Crippen LogP) is 2.45. The summed E-state index contributed by atoms with van der Waals surface area (Å²) in [4.78, 5) is 15.8. The van der Waals surface area contributed by atoms with Crippen molar-refractivity contribution in [3.05, 3.63) is 59.8 Å². The lowest BCUT2D eigenvalue weighted by atomic mass is 10.2. The minimum Gasteiger partial charge on any atom is -0.481 e. The Bertz CT molecular complexity index is 526. The van der Waals surface area contributed by atoms with Gasteiger partial charge in [0.25, 0.3) is 0 Å². The van der Waals surface area contributed by atoms with Crippen molar-refractivity contribution in [2.45, 2.75) is 6.61 Å². The van der Waals surface area contributed by atoms with Gasteiger partial charge in [-0.05, 0) is 11.6 Å². The molecule has 0 saturated carbocycles. The molecule has 0 amide bonds. The summed E-state index contributed by atoms with van der Waals surface area (Å²) in [5.74, 6) is -0.0677. The van der Waals surface area contributed by atoms with Gasteiger partial charge in [-0.15, -0.1) is 0 Å². The summed E-state index contributed by atoms with van der Waals surface area (Å²) in [6, 6.07) is 14.5. The molecule has 0 aliphatic carbocycles. The van der Waals surface area contributed by atoms with Crippen LogP contribution >= 0.6 is 0 Å². The van der Waals surface area contributed by atoms with Crippen LogP contribution in [-0.4, -0.2) is 18.1 Å². The Morgan fingerprint density at radius 2 is 1.89 bits per heavy atom. The van der Waals surface area contributed by atoms with Crippen molar-refractivity contribution in [2.24, 2.45) is 0 Å². The highest BCUT2D eigenvalue weighted by Crippen LogP contribution is 2.09. The van der Waals surface area contributed by atoms with Crippen LogP contribution in [0.15, 0.2) is 48.5 Å². The third kappa shape index (κ3) is 3.07. The van der Waals surface area contributed by atoms with Crippen LogP contribution in [0.3, 0.4) is 0 Å². The molecular formula is C14H13NO3. The predicted molar refractivity (Wildman–Crippen MR) is 66.4 cm³/mol. The molecule has 1 aromatic carbocycles. The molecule has 2 rings (SSSR count). The van der Waals surface area contributed by atoms with Crippen molar-refractivity contribution < 1.29 is 14.3 Å². The number of hydrogen-bond acceptors (Lipinski definition) is 4. The topological polar surface area (TPSA) is 48.4 Å². The Hall–Kier alpha value is -2.36. The summed E-state index contributed by atoms with van der Waals surface area (Å²) < 4.78 is 10.1. The molecule has 0 spiro atoms. The van der Waals surface area contributed by atoms with Crippen molar-refractivity contribution in [3.63, 3.8) is 0 Å². The fraction of sp³-hybridized carbons (Fsp3) is 0.143. The van der Waals surface area contributed by atoms with Gasteiger partial charge in [0.2, 0.25) is 5.88 Å². The average Bonchev–Trinajstić information content (AvgIpc) is 2.46. The highest BCUT2D eigenvalue weighted by molar-refractivity contribution is 5.87. The van der Waals surface area contributed by atoms with Gasteiger partial charge >= 0.3 is 5.97 Å². The number of esters is 1. The lowest BCUT2D eigenvalue weighted by molar-refractivity contribution is 0.0465. The SMILES string of the molecule is COc1cccc(C(=O)OCc2ccccc2)n1. The molecule has 4 heteroatoms. The normalized spacial score (nSPS) is 9.83. The summed E-state index contributed by atoms with van der Waals surface area (Å²) in [7, 11) is 1.50. The minimum atomic E-state index is -0.460. The molecule has 1 aromatic heterocycles. The van der Waals surface area contributed by atoms with Gasteiger partial charge in [-0.25, -0.2) is 9.78 Å². The van der Waals surface area contributed by atoms with Crippen LogP contribution in [0.4, 0.5) is 0 Å². The fourth-order valence-corrected chi connectivity index (χ4v) is 1.44. The number of carbonyl (C=O) groups excluding carboxylic acids is 1. The van der Waals surface area contributed by atoms with Gasteiger partial charge in [0.15, 0.2) is 5.69 Å². The van der Waals surface area contributed by atoms with E-state index in [1.807, 2.05) is 30.3 Å². The van der Waals surface area contributed by atoms with Crippen molar-refractivity contribution in [2.75, 3.05) is 7.11 Å². The number of rotatable bonds is 4. The van der Waals surface area contributed by atoms with Crippen LogP contribution < -0.4 is 4.74 Å². The van der Waals surface area contributed by atoms with Gasteiger partial charge in [0.1, 0.15) is 6.61 Å². The smallest absolute Gasteiger partial charge is 0.357 e. The summed E-state index contributed by atoms with van der Waals surface area (Å²) in [6.45, 7) is 0.235. The second kappa shape index (κ2) is 5.82. The van der Waals surface area contributed by atoms with Crippen molar-refractivity contribution in [1.82, 2.24) is 4.98 Å². The molecule has 0 atom stereocenters. The van der Waals surface area contributed by atoms with Gasteiger partial charge in [-0.1, -0.05) is 36.4 Å². The van der Waals surface area contributed by atoms with E-state index in [1.165, 1.54) is 7.11 Å². The standard InChI is InChI=1S/C14H13NO3/c1-17-13-9-5-8-12(15-13)14(16)18-10-11-6-3-2-4-7-11/h2-9H,10H2,1H3. The number of methoxy groups -OCH3 is 1. The molecule has 18 heavy (non-hydrogen) atoms. The summed E-state index contributed by atoms with van der Waals surface area (Å²) in [5.41, 5.74) is 1.18. The zero-order chi connectivity index (χ0) is 12.8. The zero-order valence-electron chi connectivity index (χ0n) is 10.00. The molecule has 1 heterocycles. The summed E-state index contributed by atoms with van der Waals surface area (Å²) >= 11 is 0. The Morgan fingerprint density at radius 1 is 1.11 bits per heavy atom. The lowest BCUT2D eigenvalue weighted by Gasteiger charge is -2.05. The summed E-state index contributed by atoms with van der Waals surface area (Å²) in [5, 5.41) is 0. The Morgan fingerprint density at radius 3 is 2.61 bits per heavy atom. The third-order valence-electron chi connectivity index (χ3n) is 2.35. The Labute approximate surface area is 105 Å². The second-order valence-electron chi connectivity index (χ2n) is 3.63. The molecule has 2 aromatic rings. The zero-order valence-corrected chi connectivity index (χ0v) is 10.00. The molecule has 0 fully saturated rings. The Kier molecular flexibility index (Phi) is 3.91. The van der Waals surface area contributed by atoms with E-state index in [0.29, 0.717) is 5.88 Å². The molecule has 92 valence electrons. The molecule has 0 bridgehead atoms. The number of pyridine rings is 1. The Balaban J connectivity index is 1.99. The van der Waals surface area contributed by atoms with E-state index >= 15 is 0 Å². The van der Waals surface area contributed by atoms with Gasteiger partial charge in [-0.2, -0.15) is 0 Å². The van der Waals surface area contributed by atoms with Gasteiger partial charge in [0.05, 0.1) is 7.11 Å². The largest absolute Gasteiger partial charge is 0.481 e. The van der Waals surface area contributed by atoms with Crippen molar-refractivity contribution in [3.8, 4) is 5.88 Å². The maximum Gasteiger partial charge on any atom is 0.357 e. The van der Waals surface area contributed by atoms with Crippen LogP contribution in [0.5, 0.6) is 5.88 Å². The van der Waals surface area contributed by atoms with Crippen LogP contribution in [0, 0.1) is 0 Å².